The lowest BCUT2D eigenvalue weighted by Gasteiger charge is -2.32. The van der Waals surface area contributed by atoms with Crippen molar-refractivity contribution in [2.24, 2.45) is 5.92 Å². The monoisotopic (exact) mass is 483 g/mol. The highest BCUT2D eigenvalue weighted by Crippen LogP contribution is 2.32. The Morgan fingerprint density at radius 3 is 2.48 bits per heavy atom. The molecule has 0 aromatic heterocycles. The zero-order valence-corrected chi connectivity index (χ0v) is 19.4. The molecule has 1 aliphatic heterocycles. The zero-order chi connectivity index (χ0) is 24.2. The standard InChI is InChI=1S/C23H28F3N3O3S/c1-17-5-4-12-28(15-17)20-10-8-18(9-11-20)14-27-22(30)16-29(33(2,31)32)21-7-3-6-19(13-21)23(24,25)26/h3,6-11,13,17H,4-5,12,14-16H2,1-2H3,(H,27,30). The molecule has 1 aliphatic rings. The highest BCUT2D eigenvalue weighted by Gasteiger charge is 2.32. The first kappa shape index (κ1) is 24.9. The number of hydrogen-bond donors (Lipinski definition) is 1. The minimum atomic E-state index is -4.63. The number of anilines is 2. The Morgan fingerprint density at radius 1 is 1.18 bits per heavy atom. The number of nitrogens with zero attached hydrogens (tertiary/aromatic N) is 2. The number of rotatable bonds is 7. The minimum Gasteiger partial charge on any atom is -0.371 e. The Morgan fingerprint density at radius 2 is 1.88 bits per heavy atom. The van der Waals surface area contributed by atoms with Crippen LogP contribution in [0, 0.1) is 5.92 Å². The minimum absolute atomic E-state index is 0.176. The van der Waals surface area contributed by atoms with E-state index in [2.05, 4.69) is 17.1 Å². The van der Waals surface area contributed by atoms with E-state index in [0.29, 0.717) is 16.3 Å². The SMILES string of the molecule is CC1CCCN(c2ccc(CNC(=O)CN(c3cccc(C(F)(F)F)c3)S(C)(=O)=O)cc2)C1. The molecule has 6 nitrogen and oxygen atoms in total. The third-order valence-electron chi connectivity index (χ3n) is 5.60. The molecule has 1 N–H and O–H groups in total. The van der Waals surface area contributed by atoms with Crippen LogP contribution in [0.15, 0.2) is 48.5 Å². The highest BCUT2D eigenvalue weighted by molar-refractivity contribution is 7.92. The summed E-state index contributed by atoms with van der Waals surface area (Å²) in [5, 5.41) is 2.64. The maximum absolute atomic E-state index is 13.0. The summed E-state index contributed by atoms with van der Waals surface area (Å²) in [5.41, 5.74) is 0.742. The van der Waals surface area contributed by atoms with Crippen molar-refractivity contribution in [2.45, 2.75) is 32.5 Å². The van der Waals surface area contributed by atoms with Crippen LogP contribution in [0.1, 0.15) is 30.9 Å². The molecule has 0 aliphatic carbocycles. The molecule has 1 amide bonds. The third-order valence-corrected chi connectivity index (χ3v) is 6.74. The lowest BCUT2D eigenvalue weighted by Crippen LogP contribution is -2.40. The summed E-state index contributed by atoms with van der Waals surface area (Å²) in [4.78, 5) is 14.8. The Hall–Kier alpha value is -2.75. The van der Waals surface area contributed by atoms with Crippen LogP contribution in [0.2, 0.25) is 0 Å². The van der Waals surface area contributed by atoms with Gasteiger partial charge in [0.2, 0.25) is 15.9 Å². The van der Waals surface area contributed by atoms with E-state index >= 15 is 0 Å². The normalized spacial score (nSPS) is 17.0. The van der Waals surface area contributed by atoms with Crippen molar-refractivity contribution >= 4 is 27.3 Å². The van der Waals surface area contributed by atoms with Gasteiger partial charge in [0.05, 0.1) is 17.5 Å². The Labute approximate surface area is 192 Å². The van der Waals surface area contributed by atoms with Crippen molar-refractivity contribution in [3.8, 4) is 0 Å². The molecular formula is C23H28F3N3O3S. The van der Waals surface area contributed by atoms with E-state index in [1.165, 1.54) is 12.5 Å². The number of amides is 1. The van der Waals surface area contributed by atoms with Crippen LogP contribution in [-0.2, 0) is 27.5 Å². The summed E-state index contributed by atoms with van der Waals surface area (Å²) in [6, 6.07) is 11.7. The molecule has 0 spiro atoms. The van der Waals surface area contributed by atoms with Crippen LogP contribution >= 0.6 is 0 Å². The second kappa shape index (κ2) is 10.0. The van der Waals surface area contributed by atoms with Crippen molar-refractivity contribution in [3.63, 3.8) is 0 Å². The molecule has 1 atom stereocenters. The average Bonchev–Trinajstić information content (AvgIpc) is 2.75. The molecule has 0 bridgehead atoms. The first-order chi connectivity index (χ1) is 15.4. The van der Waals surface area contributed by atoms with Crippen molar-refractivity contribution in [1.29, 1.82) is 0 Å². The molecule has 2 aromatic carbocycles. The van der Waals surface area contributed by atoms with Gasteiger partial charge < -0.3 is 10.2 Å². The average molecular weight is 484 g/mol. The highest BCUT2D eigenvalue weighted by atomic mass is 32.2. The van der Waals surface area contributed by atoms with Gasteiger partial charge in [0.1, 0.15) is 6.54 Å². The summed E-state index contributed by atoms with van der Waals surface area (Å²) < 4.78 is 64.1. The molecule has 1 saturated heterocycles. The van der Waals surface area contributed by atoms with E-state index in [9.17, 15) is 26.4 Å². The lowest BCUT2D eigenvalue weighted by atomic mass is 9.99. The van der Waals surface area contributed by atoms with Gasteiger partial charge in [0, 0.05) is 25.3 Å². The van der Waals surface area contributed by atoms with E-state index in [1.807, 2.05) is 24.3 Å². The summed E-state index contributed by atoms with van der Waals surface area (Å²) in [6.45, 7) is 3.80. The van der Waals surface area contributed by atoms with Crippen LogP contribution in [0.5, 0.6) is 0 Å². The molecular weight excluding hydrogens is 455 g/mol. The van der Waals surface area contributed by atoms with Gasteiger partial charge in [-0.3, -0.25) is 9.10 Å². The number of nitrogens with one attached hydrogen (secondary N) is 1. The van der Waals surface area contributed by atoms with Crippen molar-refractivity contribution in [2.75, 3.05) is 35.1 Å². The predicted molar refractivity (Wildman–Crippen MR) is 123 cm³/mol. The lowest BCUT2D eigenvalue weighted by molar-refractivity contribution is -0.137. The second-order valence-electron chi connectivity index (χ2n) is 8.45. The molecule has 3 rings (SSSR count). The number of carbonyl (C=O) groups excluding carboxylic acids is 1. The van der Waals surface area contributed by atoms with Crippen molar-refractivity contribution in [3.05, 3.63) is 59.7 Å². The number of halogens is 3. The first-order valence-electron chi connectivity index (χ1n) is 10.7. The van der Waals surface area contributed by atoms with Gasteiger partial charge in [0.15, 0.2) is 0 Å². The third kappa shape index (κ3) is 6.86. The van der Waals surface area contributed by atoms with Crippen LogP contribution in [-0.4, -0.2) is 40.2 Å². The molecule has 33 heavy (non-hydrogen) atoms. The van der Waals surface area contributed by atoms with E-state index in [-0.39, 0.29) is 12.2 Å². The maximum atomic E-state index is 13.0. The van der Waals surface area contributed by atoms with Gasteiger partial charge in [-0.2, -0.15) is 13.2 Å². The molecule has 10 heteroatoms. The van der Waals surface area contributed by atoms with E-state index < -0.39 is 34.2 Å². The quantitative estimate of drug-likeness (QED) is 0.646. The summed E-state index contributed by atoms with van der Waals surface area (Å²) in [6.07, 6.45) is -1.39. The van der Waals surface area contributed by atoms with E-state index in [0.717, 1.165) is 49.1 Å². The number of piperidine rings is 1. The van der Waals surface area contributed by atoms with Gasteiger partial charge in [-0.1, -0.05) is 25.1 Å². The summed E-state index contributed by atoms with van der Waals surface area (Å²) in [5.74, 6) is 0.0269. The molecule has 1 unspecified atom stereocenters. The smallest absolute Gasteiger partial charge is 0.371 e. The predicted octanol–water partition coefficient (Wildman–Crippen LogP) is 4.02. The van der Waals surface area contributed by atoms with Gasteiger partial charge in [0.25, 0.3) is 0 Å². The van der Waals surface area contributed by atoms with Gasteiger partial charge >= 0.3 is 6.18 Å². The zero-order valence-electron chi connectivity index (χ0n) is 18.6. The fraction of sp³-hybridized carbons (Fsp3) is 0.435. The van der Waals surface area contributed by atoms with Gasteiger partial charge in [-0.15, -0.1) is 0 Å². The van der Waals surface area contributed by atoms with E-state index in [4.69, 9.17) is 0 Å². The van der Waals surface area contributed by atoms with Crippen LogP contribution in [0.4, 0.5) is 24.5 Å². The Balaban J connectivity index is 1.63. The number of sulfonamides is 1. The van der Waals surface area contributed by atoms with Gasteiger partial charge in [-0.25, -0.2) is 8.42 Å². The number of carbonyl (C=O) groups is 1. The van der Waals surface area contributed by atoms with Crippen LogP contribution in [0.25, 0.3) is 0 Å². The summed E-state index contributed by atoms with van der Waals surface area (Å²) >= 11 is 0. The summed E-state index contributed by atoms with van der Waals surface area (Å²) in [7, 11) is -3.98. The number of benzene rings is 2. The number of alkyl halides is 3. The van der Waals surface area contributed by atoms with Crippen LogP contribution in [0.3, 0.4) is 0 Å². The van der Waals surface area contributed by atoms with Crippen LogP contribution < -0.4 is 14.5 Å². The molecule has 180 valence electrons. The van der Waals surface area contributed by atoms with Crippen molar-refractivity contribution < 1.29 is 26.4 Å². The van der Waals surface area contributed by atoms with E-state index in [1.54, 1.807) is 0 Å². The van der Waals surface area contributed by atoms with Gasteiger partial charge in [-0.05, 0) is 54.7 Å². The van der Waals surface area contributed by atoms with Crippen molar-refractivity contribution in [1.82, 2.24) is 5.32 Å². The molecule has 0 saturated carbocycles. The molecule has 1 heterocycles. The first-order valence-corrected chi connectivity index (χ1v) is 12.5. The fourth-order valence-electron chi connectivity index (χ4n) is 3.87. The second-order valence-corrected chi connectivity index (χ2v) is 10.4. The molecule has 2 aromatic rings. The fourth-order valence-corrected chi connectivity index (χ4v) is 4.72. The molecule has 1 fully saturated rings. The topological polar surface area (TPSA) is 69.7 Å². The molecule has 0 radical (unpaired) electrons. The largest absolute Gasteiger partial charge is 0.416 e. The Bertz CT molecular complexity index is 1070. The Kier molecular flexibility index (Phi) is 7.56. The number of hydrogen-bond acceptors (Lipinski definition) is 4. The maximum Gasteiger partial charge on any atom is 0.416 e.